The summed E-state index contributed by atoms with van der Waals surface area (Å²) in [4.78, 5) is 16.8. The molecule has 2 aliphatic heterocycles. The molecule has 2 N–H and O–H groups in total. The highest BCUT2D eigenvalue weighted by atomic mass is 16.5. The van der Waals surface area contributed by atoms with Gasteiger partial charge in [0.05, 0.1) is 6.10 Å². The molecule has 2 saturated heterocycles. The second kappa shape index (κ2) is 8.71. The zero-order chi connectivity index (χ0) is 15.1. The molecule has 1 amide bonds. The Labute approximate surface area is 128 Å². The molecule has 0 aliphatic carbocycles. The van der Waals surface area contributed by atoms with Gasteiger partial charge in [-0.3, -0.25) is 9.69 Å². The van der Waals surface area contributed by atoms with E-state index < -0.39 is 0 Å². The number of nitrogens with two attached hydrogens (primary N) is 1. The number of hydrogen-bond acceptors (Lipinski definition) is 4. The summed E-state index contributed by atoms with van der Waals surface area (Å²) in [6, 6.07) is 0.147. The minimum Gasteiger partial charge on any atom is -0.377 e. The topological polar surface area (TPSA) is 58.8 Å². The molecule has 2 aliphatic rings. The summed E-state index contributed by atoms with van der Waals surface area (Å²) in [7, 11) is 0. The molecule has 0 spiro atoms. The maximum atomic E-state index is 12.4. The lowest BCUT2D eigenvalue weighted by atomic mass is 10.1. The molecule has 122 valence electrons. The van der Waals surface area contributed by atoms with Crippen molar-refractivity contribution in [1.29, 1.82) is 0 Å². The highest BCUT2D eigenvalue weighted by Crippen LogP contribution is 2.17. The maximum absolute atomic E-state index is 12.4. The number of hydrogen-bond donors (Lipinski definition) is 1. The number of nitrogens with zero attached hydrogens (tertiary/aromatic N) is 2. The van der Waals surface area contributed by atoms with Crippen LogP contribution in [0.3, 0.4) is 0 Å². The lowest BCUT2D eigenvalue weighted by Crippen LogP contribution is -2.48. The molecule has 21 heavy (non-hydrogen) atoms. The zero-order valence-electron chi connectivity index (χ0n) is 13.4. The Morgan fingerprint density at radius 2 is 2.10 bits per heavy atom. The van der Waals surface area contributed by atoms with Crippen LogP contribution in [0.2, 0.25) is 0 Å². The Bertz CT molecular complexity index is 313. The van der Waals surface area contributed by atoms with Gasteiger partial charge in [0.15, 0.2) is 0 Å². The Morgan fingerprint density at radius 1 is 1.33 bits per heavy atom. The monoisotopic (exact) mass is 297 g/mol. The van der Waals surface area contributed by atoms with Gasteiger partial charge < -0.3 is 15.4 Å². The Balaban J connectivity index is 1.84. The van der Waals surface area contributed by atoms with E-state index in [0.717, 1.165) is 58.5 Å². The third-order valence-corrected chi connectivity index (χ3v) is 4.78. The van der Waals surface area contributed by atoms with Crippen LogP contribution in [0.25, 0.3) is 0 Å². The first-order chi connectivity index (χ1) is 10.2. The molecule has 0 aromatic carbocycles. The molecule has 5 nitrogen and oxygen atoms in total. The average Bonchev–Trinajstić information content (AvgIpc) is 3.04. The summed E-state index contributed by atoms with van der Waals surface area (Å²) >= 11 is 0. The summed E-state index contributed by atoms with van der Waals surface area (Å²) in [5, 5.41) is 0. The van der Waals surface area contributed by atoms with Crippen molar-refractivity contribution in [3.8, 4) is 0 Å². The predicted octanol–water partition coefficient (Wildman–Crippen LogP) is 1.22. The van der Waals surface area contributed by atoms with Crippen LogP contribution in [0.1, 0.15) is 45.4 Å². The van der Waals surface area contributed by atoms with Crippen LogP contribution in [-0.2, 0) is 9.53 Å². The number of carbonyl (C=O) groups excluding carboxylic acids is 1. The number of likely N-dealkylation sites (tertiary alicyclic amines) is 1. The van der Waals surface area contributed by atoms with Crippen molar-refractivity contribution in [3.05, 3.63) is 0 Å². The van der Waals surface area contributed by atoms with Crippen LogP contribution < -0.4 is 5.73 Å². The van der Waals surface area contributed by atoms with Gasteiger partial charge in [-0.2, -0.15) is 0 Å². The number of carbonyl (C=O) groups is 1. The fourth-order valence-electron chi connectivity index (χ4n) is 3.42. The van der Waals surface area contributed by atoms with E-state index in [1.54, 1.807) is 0 Å². The summed E-state index contributed by atoms with van der Waals surface area (Å²) < 4.78 is 5.72. The molecular formula is C16H31N3O2. The van der Waals surface area contributed by atoms with Crippen LogP contribution in [0, 0.1) is 0 Å². The zero-order valence-corrected chi connectivity index (χ0v) is 13.4. The summed E-state index contributed by atoms with van der Waals surface area (Å²) in [6.45, 7) is 7.24. The van der Waals surface area contributed by atoms with Crippen LogP contribution >= 0.6 is 0 Å². The number of rotatable bonds is 7. The lowest BCUT2D eigenvalue weighted by molar-refractivity contribution is -0.133. The van der Waals surface area contributed by atoms with Crippen LogP contribution in [-0.4, -0.2) is 67.2 Å². The molecule has 0 bridgehead atoms. The largest absolute Gasteiger partial charge is 0.377 e. The van der Waals surface area contributed by atoms with E-state index in [-0.39, 0.29) is 11.9 Å². The molecule has 2 heterocycles. The molecule has 2 unspecified atom stereocenters. The van der Waals surface area contributed by atoms with E-state index in [4.69, 9.17) is 10.5 Å². The SMILES string of the molecule is CCN(CC1CCCO1)C(CN)CC(=O)N1CCCCC1. The smallest absolute Gasteiger partial charge is 0.224 e. The van der Waals surface area contributed by atoms with E-state index in [1.165, 1.54) is 6.42 Å². The predicted molar refractivity (Wildman–Crippen MR) is 84.1 cm³/mol. The van der Waals surface area contributed by atoms with Gasteiger partial charge in [-0.05, 0) is 38.6 Å². The van der Waals surface area contributed by atoms with Crippen molar-refractivity contribution in [2.45, 2.75) is 57.6 Å². The minimum atomic E-state index is 0.147. The van der Waals surface area contributed by atoms with Crippen LogP contribution in [0.5, 0.6) is 0 Å². The fourth-order valence-corrected chi connectivity index (χ4v) is 3.42. The summed E-state index contributed by atoms with van der Waals surface area (Å²) in [5.74, 6) is 0.274. The van der Waals surface area contributed by atoms with Gasteiger partial charge >= 0.3 is 0 Å². The van der Waals surface area contributed by atoms with Crippen molar-refractivity contribution < 1.29 is 9.53 Å². The van der Waals surface area contributed by atoms with Gasteiger partial charge in [0.1, 0.15) is 0 Å². The third-order valence-electron chi connectivity index (χ3n) is 4.78. The van der Waals surface area contributed by atoms with E-state index >= 15 is 0 Å². The number of amides is 1. The number of piperidine rings is 1. The van der Waals surface area contributed by atoms with E-state index in [2.05, 4.69) is 11.8 Å². The molecule has 2 rings (SSSR count). The standard InChI is InChI=1S/C16H31N3O2/c1-2-18(13-15-7-6-10-21-15)14(12-17)11-16(20)19-8-4-3-5-9-19/h14-15H,2-13,17H2,1H3. The highest BCUT2D eigenvalue weighted by molar-refractivity contribution is 5.76. The molecule has 2 atom stereocenters. The molecule has 5 heteroatoms. The molecular weight excluding hydrogens is 266 g/mol. The number of ether oxygens (including phenoxy) is 1. The second-order valence-corrected chi connectivity index (χ2v) is 6.26. The maximum Gasteiger partial charge on any atom is 0.224 e. The quantitative estimate of drug-likeness (QED) is 0.767. The molecule has 0 radical (unpaired) electrons. The fraction of sp³-hybridized carbons (Fsp3) is 0.938. The number of likely N-dealkylation sites (N-methyl/N-ethyl adjacent to an activating group) is 1. The minimum absolute atomic E-state index is 0.147. The van der Waals surface area contributed by atoms with Crippen molar-refractivity contribution in [1.82, 2.24) is 9.80 Å². The second-order valence-electron chi connectivity index (χ2n) is 6.26. The first kappa shape index (κ1) is 16.7. The van der Waals surface area contributed by atoms with Crippen LogP contribution in [0.15, 0.2) is 0 Å². The van der Waals surface area contributed by atoms with E-state index in [9.17, 15) is 4.79 Å². The summed E-state index contributed by atoms with van der Waals surface area (Å²) in [6.07, 6.45) is 6.71. The van der Waals surface area contributed by atoms with Gasteiger partial charge in [-0.15, -0.1) is 0 Å². The first-order valence-corrected chi connectivity index (χ1v) is 8.58. The van der Waals surface area contributed by atoms with Gasteiger partial charge in [0, 0.05) is 45.2 Å². The molecule has 0 saturated carbocycles. The molecule has 0 aromatic heterocycles. The molecule has 0 aromatic rings. The van der Waals surface area contributed by atoms with E-state index in [0.29, 0.717) is 19.1 Å². The highest BCUT2D eigenvalue weighted by Gasteiger charge is 2.26. The Morgan fingerprint density at radius 3 is 2.67 bits per heavy atom. The van der Waals surface area contributed by atoms with Gasteiger partial charge in [-0.25, -0.2) is 0 Å². The van der Waals surface area contributed by atoms with E-state index in [1.807, 2.05) is 4.90 Å². The Hall–Kier alpha value is -0.650. The van der Waals surface area contributed by atoms with Crippen molar-refractivity contribution in [3.63, 3.8) is 0 Å². The van der Waals surface area contributed by atoms with Crippen LogP contribution in [0.4, 0.5) is 0 Å². The first-order valence-electron chi connectivity index (χ1n) is 8.58. The third kappa shape index (κ3) is 4.94. The normalized spacial score (nSPS) is 24.5. The van der Waals surface area contributed by atoms with Crippen molar-refractivity contribution in [2.75, 3.05) is 39.3 Å². The van der Waals surface area contributed by atoms with Gasteiger partial charge in [0.2, 0.25) is 5.91 Å². The van der Waals surface area contributed by atoms with Crippen molar-refractivity contribution in [2.24, 2.45) is 5.73 Å². The Kier molecular flexibility index (Phi) is 6.93. The molecule has 2 fully saturated rings. The lowest BCUT2D eigenvalue weighted by Gasteiger charge is -2.34. The van der Waals surface area contributed by atoms with Gasteiger partial charge in [0.25, 0.3) is 0 Å². The summed E-state index contributed by atoms with van der Waals surface area (Å²) in [5.41, 5.74) is 5.95. The van der Waals surface area contributed by atoms with Gasteiger partial charge in [-0.1, -0.05) is 6.92 Å². The van der Waals surface area contributed by atoms with Crippen molar-refractivity contribution >= 4 is 5.91 Å². The average molecular weight is 297 g/mol.